The number of thiophene rings is 1. The van der Waals surface area contributed by atoms with E-state index < -0.39 is 5.38 Å². The van der Waals surface area contributed by atoms with Crippen molar-refractivity contribution < 1.29 is 4.39 Å². The molecular formula is C12H8BrCl2FS. The molecule has 0 aliphatic heterocycles. The van der Waals surface area contributed by atoms with E-state index in [0.717, 1.165) is 10.4 Å². The molecule has 17 heavy (non-hydrogen) atoms. The van der Waals surface area contributed by atoms with E-state index in [4.69, 9.17) is 23.2 Å². The van der Waals surface area contributed by atoms with Crippen LogP contribution in [0.15, 0.2) is 28.7 Å². The van der Waals surface area contributed by atoms with Gasteiger partial charge in [0.25, 0.3) is 0 Å². The Morgan fingerprint density at radius 3 is 2.65 bits per heavy atom. The minimum Gasteiger partial charge on any atom is -0.207 e. The molecule has 0 saturated heterocycles. The van der Waals surface area contributed by atoms with Crippen LogP contribution in [0.5, 0.6) is 0 Å². The van der Waals surface area contributed by atoms with Gasteiger partial charge >= 0.3 is 0 Å². The van der Waals surface area contributed by atoms with Crippen molar-refractivity contribution in [2.45, 2.75) is 12.3 Å². The molecule has 2 rings (SSSR count). The van der Waals surface area contributed by atoms with Gasteiger partial charge in [0.05, 0.1) is 9.71 Å². The van der Waals surface area contributed by atoms with E-state index in [2.05, 4.69) is 15.9 Å². The number of hydrogen-bond acceptors (Lipinski definition) is 1. The fraction of sp³-hybridized carbons (Fsp3) is 0.167. The predicted octanol–water partition coefficient (Wildman–Crippen LogP) is 5.94. The molecule has 0 radical (unpaired) electrons. The van der Waals surface area contributed by atoms with E-state index in [0.29, 0.717) is 14.4 Å². The quantitative estimate of drug-likeness (QED) is 0.586. The monoisotopic (exact) mass is 352 g/mol. The molecule has 90 valence electrons. The maximum atomic E-state index is 13.8. The van der Waals surface area contributed by atoms with Crippen LogP contribution < -0.4 is 0 Å². The number of rotatable bonds is 2. The average Bonchev–Trinajstić information content (AvgIpc) is 2.59. The van der Waals surface area contributed by atoms with Crippen LogP contribution in [-0.2, 0) is 0 Å². The zero-order valence-electron chi connectivity index (χ0n) is 8.81. The minimum absolute atomic E-state index is 0.318. The molecule has 1 unspecified atom stereocenters. The third-order valence-electron chi connectivity index (χ3n) is 2.38. The fourth-order valence-electron chi connectivity index (χ4n) is 1.50. The van der Waals surface area contributed by atoms with Crippen LogP contribution in [0.3, 0.4) is 0 Å². The second kappa shape index (κ2) is 5.27. The molecule has 5 heteroatoms. The van der Waals surface area contributed by atoms with Crippen molar-refractivity contribution in [2.24, 2.45) is 0 Å². The van der Waals surface area contributed by atoms with Gasteiger partial charge in [0.2, 0.25) is 0 Å². The first kappa shape index (κ1) is 13.3. The summed E-state index contributed by atoms with van der Waals surface area (Å²) in [5, 5.41) is -0.526. The Morgan fingerprint density at radius 2 is 2.12 bits per heavy atom. The number of hydrogen-bond donors (Lipinski definition) is 0. The summed E-state index contributed by atoms with van der Waals surface area (Å²) in [6, 6.07) is 6.70. The van der Waals surface area contributed by atoms with Gasteiger partial charge in [-0.2, -0.15) is 0 Å². The summed E-state index contributed by atoms with van der Waals surface area (Å²) in [6.45, 7) is 1.91. The average molecular weight is 354 g/mol. The molecule has 0 amide bonds. The summed E-state index contributed by atoms with van der Waals surface area (Å²) in [4.78, 5) is 0.847. The largest absolute Gasteiger partial charge is 0.207 e. The first-order valence-corrected chi connectivity index (χ1v) is 7.27. The highest BCUT2D eigenvalue weighted by molar-refractivity contribution is 9.10. The van der Waals surface area contributed by atoms with Gasteiger partial charge in [0.1, 0.15) is 5.82 Å². The highest BCUT2D eigenvalue weighted by Crippen LogP contribution is 2.41. The summed E-state index contributed by atoms with van der Waals surface area (Å²) in [7, 11) is 0. The molecule has 0 bridgehead atoms. The minimum atomic E-state index is -0.526. The third-order valence-corrected chi connectivity index (χ3v) is 5.27. The molecule has 0 spiro atoms. The summed E-state index contributed by atoms with van der Waals surface area (Å²) in [5.74, 6) is -0.318. The Kier molecular flexibility index (Phi) is 4.14. The van der Waals surface area contributed by atoms with Crippen LogP contribution in [0.2, 0.25) is 4.34 Å². The lowest BCUT2D eigenvalue weighted by Gasteiger charge is -2.11. The Balaban J connectivity index is 2.47. The summed E-state index contributed by atoms with van der Waals surface area (Å²) in [5.41, 5.74) is 1.41. The van der Waals surface area contributed by atoms with Gasteiger partial charge < -0.3 is 0 Å². The highest BCUT2D eigenvalue weighted by Gasteiger charge is 2.20. The second-order valence-electron chi connectivity index (χ2n) is 3.60. The summed E-state index contributed by atoms with van der Waals surface area (Å²) < 4.78 is 15.1. The van der Waals surface area contributed by atoms with E-state index in [9.17, 15) is 4.39 Å². The lowest BCUT2D eigenvalue weighted by atomic mass is 10.1. The van der Waals surface area contributed by atoms with Crippen molar-refractivity contribution in [3.63, 3.8) is 0 Å². The maximum Gasteiger partial charge on any atom is 0.129 e. The topological polar surface area (TPSA) is 0 Å². The summed E-state index contributed by atoms with van der Waals surface area (Å²) >= 11 is 17.0. The molecule has 0 N–H and O–H groups in total. The smallest absolute Gasteiger partial charge is 0.129 e. The first-order chi connectivity index (χ1) is 8.00. The van der Waals surface area contributed by atoms with Crippen molar-refractivity contribution in [1.29, 1.82) is 0 Å². The Morgan fingerprint density at radius 1 is 1.41 bits per heavy atom. The molecule has 0 saturated carbocycles. The number of alkyl halides is 1. The van der Waals surface area contributed by atoms with E-state index >= 15 is 0 Å². The maximum absolute atomic E-state index is 13.8. The number of halogens is 4. The lowest BCUT2D eigenvalue weighted by Crippen LogP contribution is -1.96. The van der Waals surface area contributed by atoms with Crippen LogP contribution in [0.1, 0.15) is 21.4 Å². The SMILES string of the molecule is Cc1cc(C(Cl)c2c(F)cccc2Br)sc1Cl. The highest BCUT2D eigenvalue weighted by atomic mass is 79.9. The number of aryl methyl sites for hydroxylation is 1. The van der Waals surface area contributed by atoms with E-state index in [1.807, 2.05) is 13.0 Å². The summed E-state index contributed by atoms with van der Waals surface area (Å²) in [6.07, 6.45) is 0. The Hall–Kier alpha value is -0.0900. The third kappa shape index (κ3) is 2.68. The van der Waals surface area contributed by atoms with Crippen molar-refractivity contribution in [1.82, 2.24) is 0 Å². The Bertz CT molecular complexity index is 514. The van der Waals surface area contributed by atoms with Crippen LogP contribution in [0.4, 0.5) is 4.39 Å². The van der Waals surface area contributed by atoms with Gasteiger partial charge in [-0.05, 0) is 30.7 Å². The van der Waals surface area contributed by atoms with E-state index in [-0.39, 0.29) is 5.82 Å². The van der Waals surface area contributed by atoms with Crippen molar-refractivity contribution in [3.05, 3.63) is 54.9 Å². The molecule has 1 atom stereocenters. The standard InChI is InChI=1S/C12H8BrCl2FS/c1-6-5-9(17-12(6)15)11(14)10-7(13)3-2-4-8(10)16/h2-5,11H,1H3. The van der Waals surface area contributed by atoms with Crippen LogP contribution in [0.25, 0.3) is 0 Å². The molecule has 1 aromatic heterocycles. The lowest BCUT2D eigenvalue weighted by molar-refractivity contribution is 0.611. The molecular weight excluding hydrogens is 346 g/mol. The van der Waals surface area contributed by atoms with Gasteiger partial charge in [-0.25, -0.2) is 4.39 Å². The van der Waals surface area contributed by atoms with Gasteiger partial charge in [0.15, 0.2) is 0 Å². The molecule has 0 aliphatic carbocycles. The molecule has 1 aromatic carbocycles. The zero-order valence-corrected chi connectivity index (χ0v) is 12.7. The molecule has 1 heterocycles. The molecule has 0 fully saturated rings. The Labute approximate surface area is 121 Å². The van der Waals surface area contributed by atoms with Gasteiger partial charge in [-0.3, -0.25) is 0 Å². The normalized spacial score (nSPS) is 12.8. The van der Waals surface area contributed by atoms with Crippen molar-refractivity contribution in [2.75, 3.05) is 0 Å². The fourth-order valence-corrected chi connectivity index (χ4v) is 3.83. The van der Waals surface area contributed by atoms with Crippen LogP contribution in [-0.4, -0.2) is 0 Å². The van der Waals surface area contributed by atoms with Gasteiger partial charge in [0, 0.05) is 14.9 Å². The van der Waals surface area contributed by atoms with E-state index in [1.54, 1.807) is 12.1 Å². The van der Waals surface area contributed by atoms with Crippen LogP contribution in [0, 0.1) is 12.7 Å². The predicted molar refractivity (Wildman–Crippen MR) is 75.9 cm³/mol. The molecule has 2 aromatic rings. The number of benzene rings is 1. The van der Waals surface area contributed by atoms with Crippen molar-refractivity contribution in [3.8, 4) is 0 Å². The van der Waals surface area contributed by atoms with Crippen LogP contribution >= 0.6 is 50.5 Å². The second-order valence-corrected chi connectivity index (χ2v) is 6.58. The first-order valence-electron chi connectivity index (χ1n) is 4.84. The van der Waals surface area contributed by atoms with E-state index in [1.165, 1.54) is 17.4 Å². The van der Waals surface area contributed by atoms with Gasteiger partial charge in [-0.15, -0.1) is 22.9 Å². The van der Waals surface area contributed by atoms with Gasteiger partial charge in [-0.1, -0.05) is 33.6 Å². The molecule has 0 aliphatic rings. The zero-order chi connectivity index (χ0) is 12.6. The molecule has 0 nitrogen and oxygen atoms in total. The van der Waals surface area contributed by atoms with Crippen molar-refractivity contribution >= 4 is 50.5 Å².